The Balaban J connectivity index is 2.86. The molecule has 0 heterocycles. The monoisotopic (exact) mass is 305 g/mol. The van der Waals surface area contributed by atoms with Crippen LogP contribution in [0.3, 0.4) is 0 Å². The van der Waals surface area contributed by atoms with E-state index < -0.39 is 21.7 Å². The molecule has 19 heavy (non-hydrogen) atoms. The van der Waals surface area contributed by atoms with Crippen LogP contribution in [0.2, 0.25) is 5.02 Å². The summed E-state index contributed by atoms with van der Waals surface area (Å²) in [7, 11) is -3.49. The average Bonchev–Trinajstić information content (AvgIpc) is 2.27. The molecule has 0 saturated heterocycles. The van der Waals surface area contributed by atoms with E-state index in [2.05, 4.69) is 5.32 Å². The summed E-state index contributed by atoms with van der Waals surface area (Å²) in [6, 6.07) is 4.02. The Kier molecular flexibility index (Phi) is 4.90. The first-order valence-electron chi connectivity index (χ1n) is 5.21. The zero-order valence-electron chi connectivity index (χ0n) is 10.0. The molecule has 0 radical (unpaired) electrons. The van der Waals surface area contributed by atoms with Gasteiger partial charge in [0.05, 0.1) is 16.3 Å². The second-order valence-electron chi connectivity index (χ2n) is 3.86. The Morgan fingerprint density at radius 1 is 1.32 bits per heavy atom. The van der Waals surface area contributed by atoms with Crippen molar-refractivity contribution in [2.75, 3.05) is 11.6 Å². The quantitative estimate of drug-likeness (QED) is 0.859. The topological polar surface area (TPSA) is 101 Å². The van der Waals surface area contributed by atoms with Gasteiger partial charge in [-0.15, -0.1) is 0 Å². The predicted octanol–water partition coefficient (Wildman–Crippen LogP) is 1.55. The zero-order valence-corrected chi connectivity index (χ0v) is 11.6. The van der Waals surface area contributed by atoms with Crippen LogP contribution < -0.4 is 5.32 Å². The molecule has 0 aliphatic heterocycles. The summed E-state index contributed by atoms with van der Waals surface area (Å²) >= 11 is 5.75. The molecule has 2 N–H and O–H groups in total. The maximum absolute atomic E-state index is 11.4. The van der Waals surface area contributed by atoms with Crippen molar-refractivity contribution >= 4 is 39.0 Å². The van der Waals surface area contributed by atoms with Gasteiger partial charge in [-0.2, -0.15) is 0 Å². The van der Waals surface area contributed by atoms with Crippen molar-refractivity contribution in [3.8, 4) is 0 Å². The van der Waals surface area contributed by atoms with E-state index in [-0.39, 0.29) is 28.4 Å². The summed E-state index contributed by atoms with van der Waals surface area (Å²) in [5.41, 5.74) is 0.250. The third kappa shape index (κ3) is 4.88. The van der Waals surface area contributed by atoms with Gasteiger partial charge < -0.3 is 10.4 Å². The Hall–Kier alpha value is -1.60. The van der Waals surface area contributed by atoms with E-state index in [1.54, 1.807) is 0 Å². The molecule has 6 nitrogen and oxygen atoms in total. The van der Waals surface area contributed by atoms with Gasteiger partial charge in [0.25, 0.3) is 0 Å². The summed E-state index contributed by atoms with van der Waals surface area (Å²) in [6.45, 7) is 0. The minimum Gasteiger partial charge on any atom is -0.481 e. The number of amides is 1. The molecule has 0 spiro atoms. The normalized spacial score (nSPS) is 11.1. The molecule has 0 atom stereocenters. The lowest BCUT2D eigenvalue weighted by atomic mass is 10.2. The fourth-order valence-corrected chi connectivity index (χ4v) is 2.61. The van der Waals surface area contributed by atoms with Crippen LogP contribution >= 0.6 is 11.6 Å². The van der Waals surface area contributed by atoms with Gasteiger partial charge in [0, 0.05) is 18.4 Å². The number of rotatable bonds is 5. The van der Waals surface area contributed by atoms with Crippen LogP contribution in [0.1, 0.15) is 12.8 Å². The number of nitrogens with one attached hydrogen (secondary N) is 1. The molecule has 0 bridgehead atoms. The highest BCUT2D eigenvalue weighted by Crippen LogP contribution is 2.24. The number of sulfone groups is 1. The Labute approximate surface area is 115 Å². The van der Waals surface area contributed by atoms with Crippen LogP contribution in [0.25, 0.3) is 0 Å². The lowest BCUT2D eigenvalue weighted by molar-refractivity contribution is -0.138. The fourth-order valence-electron chi connectivity index (χ4n) is 1.31. The van der Waals surface area contributed by atoms with E-state index >= 15 is 0 Å². The molecule has 104 valence electrons. The Morgan fingerprint density at radius 3 is 2.47 bits per heavy atom. The second kappa shape index (κ2) is 6.03. The van der Waals surface area contributed by atoms with E-state index in [9.17, 15) is 18.0 Å². The first kappa shape index (κ1) is 15.5. The van der Waals surface area contributed by atoms with Crippen LogP contribution in [-0.4, -0.2) is 31.7 Å². The molecule has 1 aromatic rings. The van der Waals surface area contributed by atoms with Gasteiger partial charge >= 0.3 is 5.97 Å². The van der Waals surface area contributed by atoms with Crippen LogP contribution in [0.4, 0.5) is 5.69 Å². The van der Waals surface area contributed by atoms with Gasteiger partial charge in [-0.05, 0) is 18.2 Å². The number of aliphatic carboxylic acids is 1. The third-order valence-electron chi connectivity index (χ3n) is 2.18. The standard InChI is InChI=1S/C11H12ClNO5S/c1-19(17,18)9-6-7(2-3-8(9)12)13-10(14)4-5-11(15)16/h2-3,6H,4-5H2,1H3,(H,13,14)(H,15,16). The molecule has 0 saturated carbocycles. The number of hydrogen-bond acceptors (Lipinski definition) is 4. The van der Waals surface area contributed by atoms with Crippen molar-refractivity contribution < 1.29 is 23.1 Å². The van der Waals surface area contributed by atoms with Crippen molar-refractivity contribution in [2.45, 2.75) is 17.7 Å². The van der Waals surface area contributed by atoms with E-state index in [0.717, 1.165) is 6.26 Å². The van der Waals surface area contributed by atoms with E-state index in [1.807, 2.05) is 0 Å². The van der Waals surface area contributed by atoms with Gasteiger partial charge in [0.15, 0.2) is 9.84 Å². The van der Waals surface area contributed by atoms with E-state index in [1.165, 1.54) is 18.2 Å². The van der Waals surface area contributed by atoms with Gasteiger partial charge in [0.2, 0.25) is 5.91 Å². The highest BCUT2D eigenvalue weighted by Gasteiger charge is 2.14. The summed E-state index contributed by atoms with van der Waals surface area (Å²) in [5.74, 6) is -1.59. The smallest absolute Gasteiger partial charge is 0.303 e. The predicted molar refractivity (Wildman–Crippen MR) is 70.1 cm³/mol. The Bertz CT molecular complexity index is 612. The van der Waals surface area contributed by atoms with E-state index in [4.69, 9.17) is 16.7 Å². The third-order valence-corrected chi connectivity index (χ3v) is 3.76. The van der Waals surface area contributed by atoms with Crippen LogP contribution in [0, 0.1) is 0 Å². The van der Waals surface area contributed by atoms with Gasteiger partial charge in [0.1, 0.15) is 0 Å². The molecule has 0 unspecified atom stereocenters. The summed E-state index contributed by atoms with van der Waals surface area (Å²) in [5, 5.41) is 10.9. The van der Waals surface area contributed by atoms with Gasteiger partial charge in [-0.3, -0.25) is 9.59 Å². The SMILES string of the molecule is CS(=O)(=O)c1cc(NC(=O)CCC(=O)O)ccc1Cl. The number of carboxylic acids is 1. The molecule has 1 rings (SSSR count). The van der Waals surface area contributed by atoms with Crippen molar-refractivity contribution in [2.24, 2.45) is 0 Å². The van der Waals surface area contributed by atoms with Crippen LogP contribution in [0.5, 0.6) is 0 Å². The molecular weight excluding hydrogens is 294 g/mol. The minimum absolute atomic E-state index is 0.0611. The molecule has 0 aliphatic carbocycles. The molecule has 1 aromatic carbocycles. The fraction of sp³-hybridized carbons (Fsp3) is 0.273. The van der Waals surface area contributed by atoms with E-state index in [0.29, 0.717) is 0 Å². The molecule has 0 aliphatic rings. The first-order chi connectivity index (χ1) is 8.70. The summed E-state index contributed by atoms with van der Waals surface area (Å²) < 4.78 is 22.9. The maximum Gasteiger partial charge on any atom is 0.303 e. The number of anilines is 1. The average molecular weight is 306 g/mol. The molecule has 8 heteroatoms. The molecular formula is C11H12ClNO5S. The highest BCUT2D eigenvalue weighted by molar-refractivity contribution is 7.90. The van der Waals surface area contributed by atoms with Crippen molar-refractivity contribution in [1.82, 2.24) is 0 Å². The second-order valence-corrected chi connectivity index (χ2v) is 6.25. The number of hydrogen-bond donors (Lipinski definition) is 2. The lowest BCUT2D eigenvalue weighted by Gasteiger charge is -2.07. The molecule has 1 amide bonds. The first-order valence-corrected chi connectivity index (χ1v) is 7.48. The van der Waals surface area contributed by atoms with Crippen LogP contribution in [0.15, 0.2) is 23.1 Å². The number of carboxylic acid groups (broad SMARTS) is 1. The zero-order chi connectivity index (χ0) is 14.6. The summed E-state index contributed by atoms with van der Waals surface area (Å²) in [4.78, 5) is 21.6. The number of benzene rings is 1. The highest BCUT2D eigenvalue weighted by atomic mass is 35.5. The lowest BCUT2D eigenvalue weighted by Crippen LogP contribution is -2.13. The Morgan fingerprint density at radius 2 is 1.95 bits per heavy atom. The van der Waals surface area contributed by atoms with Crippen molar-refractivity contribution in [3.05, 3.63) is 23.2 Å². The summed E-state index contributed by atoms with van der Waals surface area (Å²) in [6.07, 6.45) is 0.523. The van der Waals surface area contributed by atoms with Gasteiger partial charge in [-0.1, -0.05) is 11.6 Å². The van der Waals surface area contributed by atoms with Crippen molar-refractivity contribution in [3.63, 3.8) is 0 Å². The minimum atomic E-state index is -3.49. The van der Waals surface area contributed by atoms with Gasteiger partial charge in [-0.25, -0.2) is 8.42 Å². The van der Waals surface area contributed by atoms with Crippen LogP contribution in [-0.2, 0) is 19.4 Å². The molecule has 0 aromatic heterocycles. The maximum atomic E-state index is 11.4. The number of halogens is 1. The number of carbonyl (C=O) groups is 2. The molecule has 0 fully saturated rings. The van der Waals surface area contributed by atoms with Crippen molar-refractivity contribution in [1.29, 1.82) is 0 Å². The largest absolute Gasteiger partial charge is 0.481 e. The number of carbonyl (C=O) groups excluding carboxylic acids is 1.